The van der Waals surface area contributed by atoms with Gasteiger partial charge in [0, 0.05) is 6.04 Å². The van der Waals surface area contributed by atoms with Crippen molar-refractivity contribution in [3.05, 3.63) is 35.4 Å². The van der Waals surface area contributed by atoms with Gasteiger partial charge in [-0.3, -0.25) is 0 Å². The maximum absolute atomic E-state index is 6.15. The van der Waals surface area contributed by atoms with E-state index in [1.54, 1.807) is 0 Å². The molecule has 1 nitrogen and oxygen atoms in total. The molecule has 84 valence electrons. The highest BCUT2D eigenvalue weighted by molar-refractivity contribution is 5.23. The van der Waals surface area contributed by atoms with Crippen LogP contribution in [0.5, 0.6) is 0 Å². The zero-order valence-corrected chi connectivity index (χ0v) is 10.4. The van der Waals surface area contributed by atoms with E-state index >= 15 is 0 Å². The fourth-order valence-electron chi connectivity index (χ4n) is 1.57. The van der Waals surface area contributed by atoms with Gasteiger partial charge in [0.25, 0.3) is 0 Å². The number of nitrogens with two attached hydrogens (primary N) is 1. The van der Waals surface area contributed by atoms with Crippen molar-refractivity contribution >= 4 is 0 Å². The van der Waals surface area contributed by atoms with Gasteiger partial charge in [-0.15, -0.1) is 0 Å². The molecule has 0 saturated carbocycles. The van der Waals surface area contributed by atoms with E-state index in [9.17, 15) is 0 Å². The highest BCUT2D eigenvalue weighted by Gasteiger charge is 2.13. The average Bonchev–Trinajstić information content (AvgIpc) is 2.14. The first-order valence-corrected chi connectivity index (χ1v) is 5.71. The summed E-state index contributed by atoms with van der Waals surface area (Å²) in [5.41, 5.74) is 9.08. The average molecular weight is 205 g/mol. The van der Waals surface area contributed by atoms with Gasteiger partial charge < -0.3 is 5.73 Å². The van der Waals surface area contributed by atoms with Crippen molar-refractivity contribution in [2.24, 2.45) is 11.1 Å². The van der Waals surface area contributed by atoms with Crippen molar-refractivity contribution in [1.29, 1.82) is 0 Å². The fraction of sp³-hybridized carbons (Fsp3) is 0.571. The third kappa shape index (κ3) is 4.48. The van der Waals surface area contributed by atoms with Gasteiger partial charge in [-0.25, -0.2) is 0 Å². The van der Waals surface area contributed by atoms with Crippen LogP contribution < -0.4 is 5.73 Å². The Labute approximate surface area is 93.7 Å². The van der Waals surface area contributed by atoms with E-state index in [-0.39, 0.29) is 6.04 Å². The Morgan fingerprint density at radius 3 is 2.13 bits per heavy atom. The second-order valence-electron chi connectivity index (χ2n) is 5.62. The molecule has 1 aromatic carbocycles. The lowest BCUT2D eigenvalue weighted by molar-refractivity contribution is 0.350. The predicted octanol–water partition coefficient (Wildman–Crippen LogP) is 3.82. The van der Waals surface area contributed by atoms with E-state index in [0.717, 1.165) is 6.42 Å². The Morgan fingerprint density at radius 1 is 1.13 bits per heavy atom. The van der Waals surface area contributed by atoms with Crippen LogP contribution >= 0.6 is 0 Å². The topological polar surface area (TPSA) is 26.0 Å². The van der Waals surface area contributed by atoms with Gasteiger partial charge in [0.2, 0.25) is 0 Å². The van der Waals surface area contributed by atoms with E-state index in [1.165, 1.54) is 17.5 Å². The molecule has 0 radical (unpaired) electrons. The summed E-state index contributed by atoms with van der Waals surface area (Å²) < 4.78 is 0. The van der Waals surface area contributed by atoms with Gasteiger partial charge in [0.05, 0.1) is 0 Å². The molecular formula is C14H23N. The van der Waals surface area contributed by atoms with E-state index in [2.05, 4.69) is 52.0 Å². The minimum Gasteiger partial charge on any atom is -0.324 e. The maximum Gasteiger partial charge on any atom is 0.0295 e. The zero-order valence-electron chi connectivity index (χ0n) is 10.4. The Kier molecular flexibility index (Phi) is 3.92. The van der Waals surface area contributed by atoms with E-state index in [4.69, 9.17) is 5.73 Å². The predicted molar refractivity (Wildman–Crippen MR) is 66.8 cm³/mol. The van der Waals surface area contributed by atoms with Crippen LogP contribution in [0.1, 0.15) is 50.8 Å². The second kappa shape index (κ2) is 4.80. The summed E-state index contributed by atoms with van der Waals surface area (Å²) in [5, 5.41) is 0. The van der Waals surface area contributed by atoms with Gasteiger partial charge in [-0.1, -0.05) is 50.6 Å². The van der Waals surface area contributed by atoms with Gasteiger partial charge >= 0.3 is 0 Å². The molecule has 1 aromatic rings. The molecular weight excluding hydrogens is 182 g/mol. The molecule has 0 aliphatic heterocycles. The SMILES string of the molecule is Cc1ccc([C@H](N)CCC(C)(C)C)cc1. The minimum absolute atomic E-state index is 0.185. The van der Waals surface area contributed by atoms with Crippen LogP contribution in [0.25, 0.3) is 0 Å². The van der Waals surface area contributed by atoms with Crippen molar-refractivity contribution in [1.82, 2.24) is 0 Å². The summed E-state index contributed by atoms with van der Waals surface area (Å²) >= 11 is 0. The standard InChI is InChI=1S/C14H23N/c1-11-5-7-12(8-6-11)13(15)9-10-14(2,3)4/h5-8,13H,9-10,15H2,1-4H3/t13-/m1/s1. The number of benzene rings is 1. The quantitative estimate of drug-likeness (QED) is 0.797. The van der Waals surface area contributed by atoms with Crippen LogP contribution in [0, 0.1) is 12.3 Å². The molecule has 2 N–H and O–H groups in total. The normalized spacial score (nSPS) is 13.9. The summed E-state index contributed by atoms with van der Waals surface area (Å²) in [5.74, 6) is 0. The molecule has 1 atom stereocenters. The fourth-order valence-corrected chi connectivity index (χ4v) is 1.57. The second-order valence-corrected chi connectivity index (χ2v) is 5.62. The number of rotatable bonds is 3. The van der Waals surface area contributed by atoms with Crippen LogP contribution in [0.3, 0.4) is 0 Å². The smallest absolute Gasteiger partial charge is 0.0295 e. The Hall–Kier alpha value is -0.820. The van der Waals surface area contributed by atoms with Crippen molar-refractivity contribution in [3.63, 3.8) is 0 Å². The molecule has 1 heteroatoms. The van der Waals surface area contributed by atoms with Gasteiger partial charge in [-0.2, -0.15) is 0 Å². The van der Waals surface area contributed by atoms with E-state index in [1.807, 2.05) is 0 Å². The van der Waals surface area contributed by atoms with Gasteiger partial charge in [0.15, 0.2) is 0 Å². The summed E-state index contributed by atoms with van der Waals surface area (Å²) in [6.45, 7) is 8.88. The number of aryl methyl sites for hydroxylation is 1. The summed E-state index contributed by atoms with van der Waals surface area (Å²) in [6.07, 6.45) is 2.23. The molecule has 0 bridgehead atoms. The molecule has 0 unspecified atom stereocenters. The van der Waals surface area contributed by atoms with Crippen molar-refractivity contribution < 1.29 is 0 Å². The van der Waals surface area contributed by atoms with Gasteiger partial charge in [0.1, 0.15) is 0 Å². The molecule has 1 rings (SSSR count). The molecule has 15 heavy (non-hydrogen) atoms. The molecule has 0 amide bonds. The Morgan fingerprint density at radius 2 is 1.67 bits per heavy atom. The molecule has 0 aliphatic rings. The third-order valence-electron chi connectivity index (χ3n) is 2.71. The van der Waals surface area contributed by atoms with Crippen molar-refractivity contribution in [3.8, 4) is 0 Å². The van der Waals surface area contributed by atoms with Crippen LogP contribution in [-0.4, -0.2) is 0 Å². The molecule has 0 aromatic heterocycles. The van der Waals surface area contributed by atoms with Crippen LogP contribution in [-0.2, 0) is 0 Å². The first kappa shape index (κ1) is 12.3. The van der Waals surface area contributed by atoms with Crippen molar-refractivity contribution in [2.75, 3.05) is 0 Å². The van der Waals surface area contributed by atoms with Crippen molar-refractivity contribution in [2.45, 2.75) is 46.6 Å². The van der Waals surface area contributed by atoms with E-state index in [0.29, 0.717) is 5.41 Å². The van der Waals surface area contributed by atoms with Gasteiger partial charge in [-0.05, 0) is 30.7 Å². The molecule has 0 heterocycles. The lowest BCUT2D eigenvalue weighted by Gasteiger charge is -2.21. The number of hydrogen-bond donors (Lipinski definition) is 1. The Bertz CT molecular complexity index is 292. The monoisotopic (exact) mass is 205 g/mol. The highest BCUT2D eigenvalue weighted by Crippen LogP contribution is 2.26. The minimum atomic E-state index is 0.185. The molecule has 0 saturated heterocycles. The Balaban J connectivity index is 2.54. The molecule has 0 fully saturated rings. The number of hydrogen-bond acceptors (Lipinski definition) is 1. The van der Waals surface area contributed by atoms with Crippen LogP contribution in [0.15, 0.2) is 24.3 Å². The van der Waals surface area contributed by atoms with E-state index < -0.39 is 0 Å². The van der Waals surface area contributed by atoms with Crippen LogP contribution in [0.4, 0.5) is 0 Å². The lowest BCUT2D eigenvalue weighted by atomic mass is 9.87. The molecule has 0 aliphatic carbocycles. The summed E-state index contributed by atoms with van der Waals surface area (Å²) in [4.78, 5) is 0. The third-order valence-corrected chi connectivity index (χ3v) is 2.71. The highest BCUT2D eigenvalue weighted by atomic mass is 14.6. The molecule has 0 spiro atoms. The lowest BCUT2D eigenvalue weighted by Crippen LogP contribution is -2.14. The summed E-state index contributed by atoms with van der Waals surface area (Å²) in [7, 11) is 0. The largest absolute Gasteiger partial charge is 0.324 e. The summed E-state index contributed by atoms with van der Waals surface area (Å²) in [6, 6.07) is 8.73. The first-order valence-electron chi connectivity index (χ1n) is 5.71. The zero-order chi connectivity index (χ0) is 11.5. The first-order chi connectivity index (χ1) is 6.88. The van der Waals surface area contributed by atoms with Crippen LogP contribution in [0.2, 0.25) is 0 Å². The maximum atomic E-state index is 6.15.